The Bertz CT molecular complexity index is 513. The van der Waals surface area contributed by atoms with E-state index < -0.39 is 0 Å². The van der Waals surface area contributed by atoms with Crippen LogP contribution in [0.25, 0.3) is 5.70 Å². The van der Waals surface area contributed by atoms with Crippen LogP contribution < -0.4 is 17.2 Å². The maximum Gasteiger partial charge on any atom is 0.124 e. The molecular formula is C16H26N4O. The molecule has 2 rings (SSSR count). The minimum absolute atomic E-state index is 0.146. The lowest BCUT2D eigenvalue weighted by atomic mass is 10.1. The van der Waals surface area contributed by atoms with E-state index in [-0.39, 0.29) is 11.6 Å². The summed E-state index contributed by atoms with van der Waals surface area (Å²) in [5.41, 5.74) is 19.3. The molecule has 1 fully saturated rings. The molecule has 0 saturated carbocycles. The van der Waals surface area contributed by atoms with Gasteiger partial charge in [-0.05, 0) is 31.1 Å². The topological polar surface area (TPSA) is 102 Å². The zero-order valence-electron chi connectivity index (χ0n) is 12.8. The lowest BCUT2D eigenvalue weighted by Crippen LogP contribution is -2.25. The van der Waals surface area contributed by atoms with Crippen molar-refractivity contribution in [2.75, 3.05) is 13.1 Å². The Morgan fingerprint density at radius 3 is 2.19 bits per heavy atom. The Labute approximate surface area is 126 Å². The van der Waals surface area contributed by atoms with Crippen LogP contribution in [0.2, 0.25) is 0 Å². The third-order valence-corrected chi connectivity index (χ3v) is 3.25. The molecule has 1 saturated heterocycles. The molecule has 5 nitrogen and oxygen atoms in total. The van der Waals surface area contributed by atoms with E-state index in [0.29, 0.717) is 11.3 Å². The number of aromatic hydroxyl groups is 1. The quantitative estimate of drug-likeness (QED) is 0.637. The molecule has 1 aliphatic rings. The first-order chi connectivity index (χ1) is 10.1. The van der Waals surface area contributed by atoms with Gasteiger partial charge < -0.3 is 27.2 Å². The molecule has 0 atom stereocenters. The van der Waals surface area contributed by atoms with Crippen molar-refractivity contribution >= 4 is 5.70 Å². The van der Waals surface area contributed by atoms with E-state index in [2.05, 4.69) is 4.90 Å². The molecule has 1 aromatic rings. The highest BCUT2D eigenvalue weighted by atomic mass is 16.3. The smallest absolute Gasteiger partial charge is 0.124 e. The van der Waals surface area contributed by atoms with Crippen molar-refractivity contribution in [2.24, 2.45) is 17.2 Å². The fraction of sp³-hybridized carbons (Fsp3) is 0.375. The number of phenolic OH excluding ortho intramolecular Hbond substituents is 1. The Hall–Kier alpha value is -2.30. The largest absolute Gasteiger partial charge is 0.507 e. The van der Waals surface area contributed by atoms with Crippen LogP contribution >= 0.6 is 0 Å². The molecule has 21 heavy (non-hydrogen) atoms. The molecule has 0 amide bonds. The van der Waals surface area contributed by atoms with Gasteiger partial charge in [0.25, 0.3) is 0 Å². The van der Waals surface area contributed by atoms with Crippen molar-refractivity contribution in [3.63, 3.8) is 0 Å². The van der Waals surface area contributed by atoms with Gasteiger partial charge in [0, 0.05) is 24.4 Å². The SMILES string of the molecule is CC.NC(N)=C(/C=C(\N)c1ccccc1O)N1CCCC1. The molecule has 5 heteroatoms. The van der Waals surface area contributed by atoms with Crippen LogP contribution in [-0.2, 0) is 0 Å². The average Bonchev–Trinajstić information content (AvgIpc) is 3.00. The van der Waals surface area contributed by atoms with Gasteiger partial charge in [-0.2, -0.15) is 0 Å². The lowest BCUT2D eigenvalue weighted by Gasteiger charge is -2.20. The summed E-state index contributed by atoms with van der Waals surface area (Å²) in [7, 11) is 0. The van der Waals surface area contributed by atoms with Gasteiger partial charge >= 0.3 is 0 Å². The molecule has 1 heterocycles. The van der Waals surface area contributed by atoms with E-state index in [1.54, 1.807) is 24.3 Å². The van der Waals surface area contributed by atoms with Crippen molar-refractivity contribution < 1.29 is 5.11 Å². The summed E-state index contributed by atoms with van der Waals surface area (Å²) in [4.78, 5) is 2.11. The predicted molar refractivity (Wildman–Crippen MR) is 87.8 cm³/mol. The summed E-state index contributed by atoms with van der Waals surface area (Å²) >= 11 is 0. The average molecular weight is 290 g/mol. The number of hydrogen-bond acceptors (Lipinski definition) is 5. The minimum Gasteiger partial charge on any atom is -0.507 e. The molecule has 0 aromatic heterocycles. The summed E-state index contributed by atoms with van der Waals surface area (Å²) in [5, 5.41) is 9.78. The molecule has 7 N–H and O–H groups in total. The van der Waals surface area contributed by atoms with Crippen molar-refractivity contribution in [1.29, 1.82) is 0 Å². The lowest BCUT2D eigenvalue weighted by molar-refractivity contribution is 0.434. The second-order valence-corrected chi connectivity index (χ2v) is 4.65. The van der Waals surface area contributed by atoms with E-state index >= 15 is 0 Å². The van der Waals surface area contributed by atoms with Crippen molar-refractivity contribution in [3.8, 4) is 5.75 Å². The zero-order valence-corrected chi connectivity index (χ0v) is 12.8. The van der Waals surface area contributed by atoms with Crippen LogP contribution in [0, 0.1) is 0 Å². The maximum atomic E-state index is 9.78. The summed E-state index contributed by atoms with van der Waals surface area (Å²) < 4.78 is 0. The van der Waals surface area contributed by atoms with Crippen molar-refractivity contribution in [2.45, 2.75) is 26.7 Å². The summed E-state index contributed by atoms with van der Waals surface area (Å²) in [6.07, 6.45) is 3.98. The fourth-order valence-corrected chi connectivity index (χ4v) is 2.26. The van der Waals surface area contributed by atoms with Gasteiger partial charge in [-0.3, -0.25) is 0 Å². The molecule has 0 aliphatic carbocycles. The molecule has 116 valence electrons. The number of allylic oxidation sites excluding steroid dienone is 1. The summed E-state index contributed by atoms with van der Waals surface area (Å²) in [5.74, 6) is 0.396. The number of nitrogens with zero attached hydrogens (tertiary/aromatic N) is 1. The third-order valence-electron chi connectivity index (χ3n) is 3.25. The third kappa shape index (κ3) is 4.34. The molecule has 0 radical (unpaired) electrons. The van der Waals surface area contributed by atoms with E-state index in [9.17, 15) is 5.11 Å². The minimum atomic E-state index is 0.146. The highest BCUT2D eigenvalue weighted by Gasteiger charge is 2.16. The second kappa shape index (κ2) is 8.09. The number of rotatable bonds is 3. The molecule has 1 aromatic carbocycles. The van der Waals surface area contributed by atoms with Gasteiger partial charge in [-0.1, -0.05) is 26.0 Å². The summed E-state index contributed by atoms with van der Waals surface area (Å²) in [6.45, 7) is 5.86. The zero-order chi connectivity index (χ0) is 15.8. The Kier molecular flexibility index (Phi) is 6.46. The van der Waals surface area contributed by atoms with Crippen LogP contribution in [0.1, 0.15) is 32.3 Å². The Morgan fingerprint density at radius 2 is 1.67 bits per heavy atom. The van der Waals surface area contributed by atoms with Crippen molar-refractivity contribution in [1.82, 2.24) is 4.90 Å². The van der Waals surface area contributed by atoms with Crippen LogP contribution in [0.5, 0.6) is 5.75 Å². The number of benzene rings is 1. The number of phenols is 1. The number of hydrogen-bond donors (Lipinski definition) is 4. The molecule has 1 aliphatic heterocycles. The van der Waals surface area contributed by atoms with E-state index in [1.807, 2.05) is 19.9 Å². The van der Waals surface area contributed by atoms with Crippen molar-refractivity contribution in [3.05, 3.63) is 47.4 Å². The standard InChI is InChI=1S/C14H20N4O.C2H6/c15-11(10-5-1-2-6-13(10)19)9-12(14(16)17)18-7-3-4-8-18;1-2/h1-2,5-6,9,19H,3-4,7-8,15-17H2;1-2H3/b11-9-;. The number of nitrogens with two attached hydrogens (primary N) is 3. The molecule has 0 unspecified atom stereocenters. The first kappa shape index (κ1) is 16.8. The fourth-order valence-electron chi connectivity index (χ4n) is 2.26. The Balaban J connectivity index is 0.00000106. The maximum absolute atomic E-state index is 9.78. The van der Waals surface area contributed by atoms with Crippen LogP contribution in [0.3, 0.4) is 0 Å². The Morgan fingerprint density at radius 1 is 1.10 bits per heavy atom. The van der Waals surface area contributed by atoms with Crippen LogP contribution in [0.15, 0.2) is 41.9 Å². The van der Waals surface area contributed by atoms with Gasteiger partial charge in [0.1, 0.15) is 11.6 Å². The van der Waals surface area contributed by atoms with Gasteiger partial charge in [-0.15, -0.1) is 0 Å². The van der Waals surface area contributed by atoms with Gasteiger partial charge in [0.15, 0.2) is 0 Å². The van der Waals surface area contributed by atoms with E-state index in [0.717, 1.165) is 31.6 Å². The van der Waals surface area contributed by atoms with E-state index in [1.165, 1.54) is 0 Å². The van der Waals surface area contributed by atoms with Crippen LogP contribution in [0.4, 0.5) is 0 Å². The van der Waals surface area contributed by atoms with E-state index in [4.69, 9.17) is 17.2 Å². The van der Waals surface area contributed by atoms with Gasteiger partial charge in [0.05, 0.1) is 5.70 Å². The normalized spacial score (nSPS) is 14.4. The molecule has 0 bridgehead atoms. The highest BCUT2D eigenvalue weighted by Crippen LogP contribution is 2.24. The molecular weight excluding hydrogens is 264 g/mol. The monoisotopic (exact) mass is 290 g/mol. The molecule has 0 spiro atoms. The first-order valence-electron chi connectivity index (χ1n) is 7.35. The first-order valence-corrected chi connectivity index (χ1v) is 7.35. The van der Waals surface area contributed by atoms with Gasteiger partial charge in [-0.25, -0.2) is 0 Å². The highest BCUT2D eigenvalue weighted by molar-refractivity contribution is 5.69. The second-order valence-electron chi connectivity index (χ2n) is 4.65. The summed E-state index contributed by atoms with van der Waals surface area (Å²) in [6, 6.07) is 6.93. The number of likely N-dealkylation sites (tertiary alicyclic amines) is 1. The number of para-hydroxylation sites is 1. The van der Waals surface area contributed by atoms with Gasteiger partial charge in [0.2, 0.25) is 0 Å². The predicted octanol–water partition coefficient (Wildman–Crippen LogP) is 1.90. The van der Waals surface area contributed by atoms with Crippen LogP contribution in [-0.4, -0.2) is 23.1 Å².